The predicted molar refractivity (Wildman–Crippen MR) is 106 cm³/mol. The zero-order valence-electron chi connectivity index (χ0n) is 15.1. The van der Waals surface area contributed by atoms with Gasteiger partial charge in [0.1, 0.15) is 0 Å². The van der Waals surface area contributed by atoms with Crippen LogP contribution in [-0.4, -0.2) is 15.5 Å². The molecule has 2 aromatic carbocycles. The average molecular weight is 386 g/mol. The molecule has 1 heterocycles. The van der Waals surface area contributed by atoms with Crippen molar-refractivity contribution in [2.45, 2.75) is 32.9 Å². The zero-order valence-corrected chi connectivity index (χ0v) is 15.8. The van der Waals surface area contributed by atoms with E-state index in [-0.39, 0.29) is 11.9 Å². The van der Waals surface area contributed by atoms with E-state index in [1.807, 2.05) is 19.1 Å². The highest BCUT2D eigenvalue weighted by atomic mass is 35.5. The maximum atomic E-state index is 12.7. The smallest absolute Gasteiger partial charge is 0.316 e. The lowest BCUT2D eigenvalue weighted by molar-refractivity contribution is 0.0935. The molecule has 1 atom stereocenters. The number of carbonyl (C=O) groups excluding carboxylic acids is 1. The third kappa shape index (κ3) is 3.80. The van der Waals surface area contributed by atoms with Gasteiger partial charge in [-0.1, -0.05) is 30.7 Å². The minimum atomic E-state index is -0.700. The number of rotatable bonds is 5. The van der Waals surface area contributed by atoms with Crippen molar-refractivity contribution in [3.05, 3.63) is 79.3 Å². The van der Waals surface area contributed by atoms with Crippen LogP contribution in [0.1, 0.15) is 42.2 Å². The summed E-state index contributed by atoms with van der Waals surface area (Å²) in [5, 5.41) is 3.63. The van der Waals surface area contributed by atoms with Crippen molar-refractivity contribution in [3.63, 3.8) is 0 Å². The number of halogens is 1. The molecule has 27 heavy (non-hydrogen) atoms. The van der Waals surface area contributed by atoms with E-state index >= 15 is 0 Å². The number of nitrogens with one attached hydrogen (secondary N) is 2. The van der Waals surface area contributed by atoms with Crippen LogP contribution in [0.2, 0.25) is 5.02 Å². The Labute approximate surface area is 160 Å². The molecule has 140 valence electrons. The van der Waals surface area contributed by atoms with E-state index in [2.05, 4.69) is 10.3 Å². The molecule has 0 fully saturated rings. The van der Waals surface area contributed by atoms with Crippen molar-refractivity contribution in [1.82, 2.24) is 14.9 Å². The maximum absolute atomic E-state index is 12.7. The first-order valence-electron chi connectivity index (χ1n) is 8.77. The summed E-state index contributed by atoms with van der Waals surface area (Å²) in [4.78, 5) is 39.0. The van der Waals surface area contributed by atoms with Crippen LogP contribution in [0.25, 0.3) is 11.0 Å². The monoisotopic (exact) mass is 385 g/mol. The molecule has 0 saturated carbocycles. The van der Waals surface area contributed by atoms with Crippen molar-refractivity contribution in [3.8, 4) is 0 Å². The number of hydrogen-bond donors (Lipinski definition) is 2. The van der Waals surface area contributed by atoms with Crippen LogP contribution >= 0.6 is 11.6 Å². The highest BCUT2D eigenvalue weighted by molar-refractivity contribution is 6.30. The van der Waals surface area contributed by atoms with Gasteiger partial charge in [-0.3, -0.25) is 14.4 Å². The number of amides is 1. The Morgan fingerprint density at radius 2 is 1.85 bits per heavy atom. The maximum Gasteiger partial charge on any atom is 0.316 e. The molecule has 6 nitrogen and oxygen atoms in total. The van der Waals surface area contributed by atoms with E-state index in [1.54, 1.807) is 37.3 Å². The molecular formula is C20H20ClN3O3. The number of fused-ring (bicyclic) bond motifs is 1. The van der Waals surface area contributed by atoms with Gasteiger partial charge in [-0.15, -0.1) is 0 Å². The van der Waals surface area contributed by atoms with E-state index in [0.29, 0.717) is 34.6 Å². The fourth-order valence-electron chi connectivity index (χ4n) is 3.09. The van der Waals surface area contributed by atoms with Crippen molar-refractivity contribution in [2.24, 2.45) is 0 Å². The molecule has 1 amide bonds. The Morgan fingerprint density at radius 3 is 2.48 bits per heavy atom. The number of benzene rings is 2. The summed E-state index contributed by atoms with van der Waals surface area (Å²) in [5.74, 6) is -0.256. The Bertz CT molecular complexity index is 1100. The van der Waals surface area contributed by atoms with Crippen LogP contribution in [-0.2, 0) is 6.54 Å². The summed E-state index contributed by atoms with van der Waals surface area (Å²) in [5.41, 5.74) is 1.11. The molecule has 0 unspecified atom stereocenters. The SMILES string of the molecule is CC[C@@H](NC(=O)c1ccc2c(c1)[nH]c(=O)c(=O)n2CC)c1ccc(Cl)cc1. The highest BCUT2D eigenvalue weighted by Gasteiger charge is 2.15. The number of nitrogens with zero attached hydrogens (tertiary/aromatic N) is 1. The summed E-state index contributed by atoms with van der Waals surface area (Å²) >= 11 is 5.92. The molecule has 0 aliphatic rings. The van der Waals surface area contributed by atoms with Crippen LogP contribution in [0, 0.1) is 0 Å². The first-order chi connectivity index (χ1) is 12.9. The minimum Gasteiger partial charge on any atom is -0.345 e. The Kier molecular flexibility index (Phi) is 5.46. The van der Waals surface area contributed by atoms with E-state index in [9.17, 15) is 14.4 Å². The molecule has 1 aromatic heterocycles. The third-order valence-corrected chi connectivity index (χ3v) is 4.79. The second-order valence-corrected chi connectivity index (χ2v) is 6.66. The summed E-state index contributed by atoms with van der Waals surface area (Å²) in [6, 6.07) is 12.1. The molecule has 0 radical (unpaired) electrons. The van der Waals surface area contributed by atoms with Gasteiger partial charge >= 0.3 is 11.1 Å². The van der Waals surface area contributed by atoms with Gasteiger partial charge in [0.2, 0.25) is 0 Å². The van der Waals surface area contributed by atoms with Gasteiger partial charge in [0.15, 0.2) is 0 Å². The summed E-state index contributed by atoms with van der Waals surface area (Å²) in [6.07, 6.45) is 0.715. The number of aryl methyl sites for hydroxylation is 1. The number of H-pyrrole nitrogens is 1. The van der Waals surface area contributed by atoms with Gasteiger partial charge in [-0.25, -0.2) is 0 Å². The zero-order chi connectivity index (χ0) is 19.6. The van der Waals surface area contributed by atoms with Crippen LogP contribution in [0.5, 0.6) is 0 Å². The first kappa shape index (κ1) is 18.9. The van der Waals surface area contributed by atoms with Gasteiger partial charge in [-0.05, 0) is 49.2 Å². The molecule has 7 heteroatoms. The average Bonchev–Trinajstić information content (AvgIpc) is 2.67. The second-order valence-electron chi connectivity index (χ2n) is 6.22. The first-order valence-corrected chi connectivity index (χ1v) is 9.15. The van der Waals surface area contributed by atoms with E-state index in [1.165, 1.54) is 4.57 Å². The lowest BCUT2D eigenvalue weighted by Crippen LogP contribution is -2.36. The van der Waals surface area contributed by atoms with Crippen LogP contribution in [0.4, 0.5) is 0 Å². The molecule has 0 aliphatic carbocycles. The Hall–Kier alpha value is -2.86. The Morgan fingerprint density at radius 1 is 1.15 bits per heavy atom. The van der Waals surface area contributed by atoms with E-state index < -0.39 is 11.1 Å². The van der Waals surface area contributed by atoms with Gasteiger partial charge in [-0.2, -0.15) is 0 Å². The normalized spacial score (nSPS) is 12.1. The largest absolute Gasteiger partial charge is 0.345 e. The van der Waals surface area contributed by atoms with Crippen molar-refractivity contribution in [1.29, 1.82) is 0 Å². The van der Waals surface area contributed by atoms with E-state index in [4.69, 9.17) is 11.6 Å². The van der Waals surface area contributed by atoms with Crippen molar-refractivity contribution in [2.75, 3.05) is 0 Å². The minimum absolute atomic E-state index is 0.158. The summed E-state index contributed by atoms with van der Waals surface area (Å²) in [6.45, 7) is 4.15. The van der Waals surface area contributed by atoms with Gasteiger partial charge < -0.3 is 14.9 Å². The number of aromatic nitrogens is 2. The predicted octanol–water partition coefficient (Wildman–Crippen LogP) is 3.24. The third-order valence-electron chi connectivity index (χ3n) is 4.54. The number of carbonyl (C=O) groups is 1. The molecule has 0 spiro atoms. The molecule has 0 saturated heterocycles. The molecule has 0 bridgehead atoms. The molecular weight excluding hydrogens is 366 g/mol. The molecule has 0 aliphatic heterocycles. The second kappa shape index (κ2) is 7.80. The number of aromatic amines is 1. The lowest BCUT2D eigenvalue weighted by Gasteiger charge is -2.18. The van der Waals surface area contributed by atoms with Crippen molar-refractivity contribution < 1.29 is 4.79 Å². The quantitative estimate of drug-likeness (QED) is 0.661. The molecule has 3 rings (SSSR count). The summed E-state index contributed by atoms with van der Waals surface area (Å²) < 4.78 is 1.39. The number of hydrogen-bond acceptors (Lipinski definition) is 3. The standard InChI is InChI=1S/C20H20ClN3O3/c1-3-15(12-5-8-14(21)9-6-12)22-18(25)13-7-10-17-16(11-13)23-19(26)20(27)24(17)4-2/h5-11,15H,3-4H2,1-2H3,(H,22,25)(H,23,26)/t15-/m1/s1. The highest BCUT2D eigenvalue weighted by Crippen LogP contribution is 2.20. The van der Waals surface area contributed by atoms with Crippen LogP contribution < -0.4 is 16.4 Å². The van der Waals surface area contributed by atoms with E-state index in [0.717, 1.165) is 5.56 Å². The summed E-state index contributed by atoms with van der Waals surface area (Å²) in [7, 11) is 0. The Balaban J connectivity index is 1.93. The fraction of sp³-hybridized carbons (Fsp3) is 0.250. The molecule has 2 N–H and O–H groups in total. The van der Waals surface area contributed by atoms with Crippen LogP contribution in [0.3, 0.4) is 0 Å². The van der Waals surface area contributed by atoms with Gasteiger partial charge in [0.05, 0.1) is 17.1 Å². The fourth-order valence-corrected chi connectivity index (χ4v) is 3.22. The van der Waals surface area contributed by atoms with Gasteiger partial charge in [0, 0.05) is 17.1 Å². The van der Waals surface area contributed by atoms with Crippen LogP contribution in [0.15, 0.2) is 52.1 Å². The van der Waals surface area contributed by atoms with Crippen molar-refractivity contribution >= 4 is 28.5 Å². The van der Waals surface area contributed by atoms with Gasteiger partial charge in [0.25, 0.3) is 5.91 Å². The lowest BCUT2D eigenvalue weighted by atomic mass is 10.0. The topological polar surface area (TPSA) is 84.0 Å². The molecule has 3 aromatic rings.